The molecule has 0 unspecified atom stereocenters. The molecule has 0 spiro atoms. The van der Waals surface area contributed by atoms with Crippen molar-refractivity contribution >= 4 is 11.0 Å². The smallest absolute Gasteiger partial charge is 0.339 e. The molecule has 2 fully saturated rings. The number of aryl methyl sites for hydroxylation is 1. The van der Waals surface area contributed by atoms with Crippen LogP contribution in [0.5, 0.6) is 5.75 Å². The van der Waals surface area contributed by atoms with E-state index < -0.39 is 5.63 Å². The Kier molecular flexibility index (Phi) is 4.89. The molecule has 4 rings (SSSR count). The van der Waals surface area contributed by atoms with Crippen LogP contribution in [-0.2, 0) is 0 Å². The Balaban J connectivity index is 1.67. The van der Waals surface area contributed by atoms with E-state index in [4.69, 9.17) is 9.15 Å². The van der Waals surface area contributed by atoms with Crippen LogP contribution in [0.4, 0.5) is 0 Å². The fourth-order valence-corrected chi connectivity index (χ4v) is 6.12. The Morgan fingerprint density at radius 2 is 2.03 bits per heavy atom. The Morgan fingerprint density at radius 3 is 2.79 bits per heavy atom. The van der Waals surface area contributed by atoms with Gasteiger partial charge in [-0.05, 0) is 61.0 Å². The number of rotatable bonds is 3. The lowest BCUT2D eigenvalue weighted by molar-refractivity contribution is -0.128. The molecule has 2 aliphatic rings. The van der Waals surface area contributed by atoms with Gasteiger partial charge >= 0.3 is 5.63 Å². The Labute approximate surface area is 172 Å². The zero-order valence-corrected chi connectivity index (χ0v) is 18.0. The van der Waals surface area contributed by atoms with Crippen LogP contribution in [0.3, 0.4) is 0 Å². The summed E-state index contributed by atoms with van der Waals surface area (Å²) in [6, 6.07) is 7.14. The largest absolute Gasteiger partial charge is 0.492 e. The van der Waals surface area contributed by atoms with Gasteiger partial charge < -0.3 is 14.3 Å². The second kappa shape index (κ2) is 7.02. The van der Waals surface area contributed by atoms with Crippen molar-refractivity contribution < 1.29 is 14.3 Å². The molecule has 29 heavy (non-hydrogen) atoms. The summed E-state index contributed by atoms with van der Waals surface area (Å²) >= 11 is 0. The number of aliphatic hydroxyl groups is 1. The Hall–Kier alpha value is -2.07. The summed E-state index contributed by atoms with van der Waals surface area (Å²) in [6.07, 6.45) is 3.53. The number of ether oxygens (including phenoxy) is 1. The molecule has 1 aromatic heterocycles. The molecule has 4 heteroatoms. The lowest BCUT2D eigenvalue weighted by Crippen LogP contribution is -2.55. The van der Waals surface area contributed by atoms with Crippen LogP contribution in [0.15, 0.2) is 45.6 Å². The van der Waals surface area contributed by atoms with E-state index in [1.807, 2.05) is 19.1 Å². The van der Waals surface area contributed by atoms with Gasteiger partial charge in [0, 0.05) is 5.92 Å². The van der Waals surface area contributed by atoms with E-state index in [0.29, 0.717) is 23.9 Å². The highest BCUT2D eigenvalue weighted by atomic mass is 16.5. The van der Waals surface area contributed by atoms with Crippen molar-refractivity contribution in [3.05, 3.63) is 52.4 Å². The molecule has 0 saturated heterocycles. The fraction of sp³-hybridized carbons (Fsp3) is 0.560. The lowest BCUT2D eigenvalue weighted by Gasteiger charge is -2.59. The van der Waals surface area contributed by atoms with E-state index in [1.165, 1.54) is 11.6 Å². The fourth-order valence-electron chi connectivity index (χ4n) is 6.12. The maximum atomic E-state index is 12.1. The third kappa shape index (κ3) is 3.22. The summed E-state index contributed by atoms with van der Waals surface area (Å²) in [5.74, 6) is 1.19. The molecule has 0 aliphatic heterocycles. The summed E-state index contributed by atoms with van der Waals surface area (Å²) in [4.78, 5) is 12.1. The zero-order valence-electron chi connectivity index (χ0n) is 18.0. The molecule has 156 valence electrons. The molecule has 2 saturated carbocycles. The first-order valence-electron chi connectivity index (χ1n) is 10.7. The number of fused-ring (bicyclic) bond motifs is 2. The normalized spacial score (nSPS) is 31.5. The van der Waals surface area contributed by atoms with Gasteiger partial charge in [0.15, 0.2) is 0 Å². The highest BCUT2D eigenvalue weighted by molar-refractivity contribution is 5.86. The van der Waals surface area contributed by atoms with E-state index in [-0.39, 0.29) is 22.9 Å². The molecule has 1 aromatic carbocycles. The van der Waals surface area contributed by atoms with Crippen molar-refractivity contribution in [3.8, 4) is 5.75 Å². The first kappa shape index (κ1) is 20.2. The van der Waals surface area contributed by atoms with Crippen LogP contribution >= 0.6 is 0 Å². The molecule has 1 N–H and O–H groups in total. The first-order valence-corrected chi connectivity index (χ1v) is 10.7. The molecule has 0 amide bonds. The van der Waals surface area contributed by atoms with Gasteiger partial charge in [-0.3, -0.25) is 0 Å². The van der Waals surface area contributed by atoms with Gasteiger partial charge in [-0.2, -0.15) is 0 Å². The van der Waals surface area contributed by atoms with E-state index in [0.717, 1.165) is 36.6 Å². The standard InChI is InChI=1S/C25H32O4/c1-15-9-10-20-24(3,4)21(26)11-12-25(20,5)17(15)14-28-19-13-22(27)29-18-8-6-7-16(2)23(18)19/h6-8,13,17,20-21,26H,1,9-12,14H2,2-5H3/t17-,20+,21+,25-/m1/s1. The highest BCUT2D eigenvalue weighted by Gasteiger charge is 2.56. The van der Waals surface area contributed by atoms with E-state index >= 15 is 0 Å². The predicted octanol–water partition coefficient (Wildman–Crippen LogP) is 5.25. The van der Waals surface area contributed by atoms with Crippen molar-refractivity contribution in [2.75, 3.05) is 6.61 Å². The van der Waals surface area contributed by atoms with Crippen LogP contribution in [0, 0.1) is 29.6 Å². The van der Waals surface area contributed by atoms with E-state index in [2.05, 4.69) is 27.4 Å². The summed E-state index contributed by atoms with van der Waals surface area (Å²) in [6.45, 7) is 13.6. The third-order valence-electron chi connectivity index (χ3n) is 7.90. The minimum Gasteiger partial charge on any atom is -0.492 e. The average molecular weight is 397 g/mol. The highest BCUT2D eigenvalue weighted by Crippen LogP contribution is 2.60. The van der Waals surface area contributed by atoms with Gasteiger partial charge in [-0.25, -0.2) is 4.79 Å². The van der Waals surface area contributed by atoms with Crippen LogP contribution in [0.1, 0.15) is 52.0 Å². The van der Waals surface area contributed by atoms with Crippen molar-refractivity contribution in [1.29, 1.82) is 0 Å². The third-order valence-corrected chi connectivity index (χ3v) is 7.90. The number of hydrogen-bond acceptors (Lipinski definition) is 4. The minimum absolute atomic E-state index is 0.0301. The summed E-state index contributed by atoms with van der Waals surface area (Å²) in [5, 5.41) is 11.5. The molecule has 0 radical (unpaired) electrons. The van der Waals surface area contributed by atoms with Gasteiger partial charge in [0.1, 0.15) is 11.3 Å². The zero-order chi connectivity index (χ0) is 21.0. The quantitative estimate of drug-likeness (QED) is 0.569. The van der Waals surface area contributed by atoms with E-state index in [9.17, 15) is 9.90 Å². The summed E-state index contributed by atoms with van der Waals surface area (Å²) in [7, 11) is 0. The Bertz CT molecular complexity index is 1000. The molecule has 2 aliphatic carbocycles. The van der Waals surface area contributed by atoms with Gasteiger partial charge in [0.25, 0.3) is 0 Å². The van der Waals surface area contributed by atoms with Crippen LogP contribution in [0.2, 0.25) is 0 Å². The second-order valence-corrected chi connectivity index (χ2v) is 9.87. The van der Waals surface area contributed by atoms with Crippen LogP contribution in [0.25, 0.3) is 11.0 Å². The maximum absolute atomic E-state index is 12.1. The van der Waals surface area contributed by atoms with Crippen LogP contribution in [-0.4, -0.2) is 17.8 Å². The Morgan fingerprint density at radius 1 is 1.28 bits per heavy atom. The molecule has 0 bridgehead atoms. The summed E-state index contributed by atoms with van der Waals surface area (Å²) < 4.78 is 11.7. The van der Waals surface area contributed by atoms with E-state index in [1.54, 1.807) is 6.07 Å². The topological polar surface area (TPSA) is 59.7 Å². The minimum atomic E-state index is -0.397. The van der Waals surface area contributed by atoms with Gasteiger partial charge in [-0.15, -0.1) is 0 Å². The number of hydrogen-bond donors (Lipinski definition) is 1. The second-order valence-electron chi connectivity index (χ2n) is 9.87. The SMILES string of the molecule is C=C1CC[C@H]2C(C)(C)[C@@H](O)CC[C@]2(C)[C@@H]1COc1cc(=O)oc2cccc(C)c12. The predicted molar refractivity (Wildman–Crippen MR) is 115 cm³/mol. The van der Waals surface area contributed by atoms with Gasteiger partial charge in [0.2, 0.25) is 0 Å². The monoisotopic (exact) mass is 396 g/mol. The molecule has 4 atom stereocenters. The molecule has 1 heterocycles. The van der Waals surface area contributed by atoms with Crippen LogP contribution < -0.4 is 10.4 Å². The first-order chi connectivity index (χ1) is 13.6. The number of aliphatic hydroxyl groups excluding tert-OH is 1. The van der Waals surface area contributed by atoms with Crippen molar-refractivity contribution in [2.45, 2.75) is 59.5 Å². The lowest BCUT2D eigenvalue weighted by atomic mass is 9.47. The summed E-state index contributed by atoms with van der Waals surface area (Å²) in [5.41, 5.74) is 2.31. The van der Waals surface area contributed by atoms with Crippen molar-refractivity contribution in [3.63, 3.8) is 0 Å². The van der Waals surface area contributed by atoms with Gasteiger partial charge in [0.05, 0.1) is 24.2 Å². The van der Waals surface area contributed by atoms with Crippen molar-refractivity contribution in [1.82, 2.24) is 0 Å². The van der Waals surface area contributed by atoms with Crippen molar-refractivity contribution in [2.24, 2.45) is 22.7 Å². The maximum Gasteiger partial charge on any atom is 0.339 e. The number of benzene rings is 1. The molecular formula is C25H32O4. The molecular weight excluding hydrogens is 364 g/mol. The molecule has 4 nitrogen and oxygen atoms in total. The average Bonchev–Trinajstić information content (AvgIpc) is 2.64. The molecule has 2 aromatic rings. The van der Waals surface area contributed by atoms with Gasteiger partial charge in [-0.1, -0.05) is 45.1 Å².